The van der Waals surface area contributed by atoms with Crippen LogP contribution in [0.15, 0.2) is 28.6 Å². The quantitative estimate of drug-likeness (QED) is 0.418. The van der Waals surface area contributed by atoms with Gasteiger partial charge in [-0.1, -0.05) is 0 Å². The van der Waals surface area contributed by atoms with E-state index in [-0.39, 0.29) is 23.1 Å². The maximum Gasteiger partial charge on any atom is 0.353 e. The molecule has 1 amide bonds. The molecule has 172 valence electrons. The number of carboxylic acids is 2. The van der Waals surface area contributed by atoms with E-state index in [0.29, 0.717) is 41.0 Å². The Hall–Kier alpha value is -2.96. The van der Waals surface area contributed by atoms with Gasteiger partial charge in [0.1, 0.15) is 11.3 Å². The normalized spacial score (nSPS) is 18.9. The number of halogens is 1. The SMILES string of the molecule is N[C@@H]1CCCN(c2c(Br)cnc3[nH]cc(N(C(=O)C4CC4)/C(=C\C(=O)O)C(=O)O)c23)C1.O. The molecule has 7 N–H and O–H groups in total. The highest BCUT2D eigenvalue weighted by molar-refractivity contribution is 9.10. The third-order valence-corrected chi connectivity index (χ3v) is 6.07. The molecule has 0 bridgehead atoms. The Labute approximate surface area is 191 Å². The van der Waals surface area contributed by atoms with Gasteiger partial charge in [-0.15, -0.1) is 0 Å². The molecule has 0 radical (unpaired) electrons. The number of nitrogens with two attached hydrogens (primary N) is 1. The van der Waals surface area contributed by atoms with E-state index >= 15 is 0 Å². The fourth-order valence-corrected chi connectivity index (χ4v) is 4.51. The molecule has 1 aliphatic heterocycles. The predicted molar refractivity (Wildman–Crippen MR) is 120 cm³/mol. The lowest BCUT2D eigenvalue weighted by molar-refractivity contribution is -0.135. The van der Waals surface area contributed by atoms with Gasteiger partial charge in [0, 0.05) is 37.4 Å². The van der Waals surface area contributed by atoms with E-state index in [1.807, 2.05) is 0 Å². The number of pyridine rings is 1. The number of aliphatic carboxylic acids is 2. The van der Waals surface area contributed by atoms with E-state index in [1.54, 1.807) is 6.20 Å². The van der Waals surface area contributed by atoms with Crippen LogP contribution in [0.5, 0.6) is 0 Å². The zero-order chi connectivity index (χ0) is 22.3. The molecule has 1 saturated heterocycles. The number of nitrogens with zero attached hydrogens (tertiary/aromatic N) is 3. The fraction of sp³-hybridized carbons (Fsp3) is 0.400. The molecule has 1 atom stereocenters. The summed E-state index contributed by atoms with van der Waals surface area (Å²) in [5.74, 6) is -3.74. The number of hydrogen-bond donors (Lipinski definition) is 4. The minimum atomic E-state index is -1.50. The van der Waals surface area contributed by atoms with Crippen molar-refractivity contribution in [1.82, 2.24) is 9.97 Å². The Bertz CT molecular complexity index is 1100. The van der Waals surface area contributed by atoms with Gasteiger partial charge < -0.3 is 31.3 Å². The van der Waals surface area contributed by atoms with Gasteiger partial charge >= 0.3 is 11.9 Å². The Kier molecular flexibility index (Phi) is 6.86. The minimum Gasteiger partial charge on any atom is -0.478 e. The van der Waals surface area contributed by atoms with Gasteiger partial charge in [-0.05, 0) is 41.6 Å². The average Bonchev–Trinajstić information content (AvgIpc) is 3.48. The Morgan fingerprint density at radius 3 is 2.59 bits per heavy atom. The van der Waals surface area contributed by atoms with Crippen LogP contribution in [-0.2, 0) is 14.4 Å². The second-order valence-corrected chi connectivity index (χ2v) is 8.68. The van der Waals surface area contributed by atoms with E-state index in [0.717, 1.165) is 30.0 Å². The van der Waals surface area contributed by atoms with Crippen LogP contribution < -0.4 is 15.5 Å². The molecule has 0 aromatic carbocycles. The second kappa shape index (κ2) is 9.27. The number of rotatable bonds is 6. The van der Waals surface area contributed by atoms with Crippen molar-refractivity contribution in [2.45, 2.75) is 31.7 Å². The molecule has 4 rings (SSSR count). The molecule has 11 nitrogen and oxygen atoms in total. The fourth-order valence-electron chi connectivity index (χ4n) is 3.96. The van der Waals surface area contributed by atoms with Crippen molar-refractivity contribution in [2.75, 3.05) is 22.9 Å². The number of carboxylic acid groups (broad SMARTS) is 2. The Balaban J connectivity index is 0.00000289. The third-order valence-electron chi connectivity index (χ3n) is 5.49. The number of nitrogens with one attached hydrogen (secondary N) is 1. The standard InChI is InChI=1S/C20H22BrN5O5.H2O/c21-12-7-23-18-16(17(12)25-5-1-2-11(22)9-25)14(8-24-18)26(19(29)10-3-4-10)13(20(30)31)6-15(27)28;/h6-8,10-11H,1-5,9,22H2,(H,23,24)(H,27,28)(H,30,31);1H2/b13-6-;/t11-;/m1./s1. The molecule has 2 aliphatic rings. The van der Waals surface area contributed by atoms with Crippen LogP contribution in [-0.4, -0.2) is 62.6 Å². The van der Waals surface area contributed by atoms with Gasteiger partial charge in [0.2, 0.25) is 5.91 Å². The molecule has 2 aromatic heterocycles. The first-order chi connectivity index (χ1) is 14.8. The summed E-state index contributed by atoms with van der Waals surface area (Å²) < 4.78 is 0.674. The van der Waals surface area contributed by atoms with Crippen LogP contribution in [0.1, 0.15) is 25.7 Å². The van der Waals surface area contributed by atoms with Gasteiger partial charge in [-0.2, -0.15) is 0 Å². The summed E-state index contributed by atoms with van der Waals surface area (Å²) in [7, 11) is 0. The van der Waals surface area contributed by atoms with Gasteiger partial charge in [0.15, 0.2) is 0 Å². The van der Waals surface area contributed by atoms with Gasteiger partial charge in [-0.25, -0.2) is 14.6 Å². The topological polar surface area (TPSA) is 184 Å². The molecule has 32 heavy (non-hydrogen) atoms. The number of H-pyrrole nitrogens is 1. The minimum absolute atomic E-state index is 0. The highest BCUT2D eigenvalue weighted by Crippen LogP contribution is 2.43. The first kappa shape index (κ1) is 23.7. The van der Waals surface area contributed by atoms with Crippen LogP contribution in [0, 0.1) is 5.92 Å². The maximum atomic E-state index is 13.1. The second-order valence-electron chi connectivity index (χ2n) is 7.82. The highest BCUT2D eigenvalue weighted by Gasteiger charge is 2.39. The van der Waals surface area contributed by atoms with E-state index in [2.05, 4.69) is 30.8 Å². The lowest BCUT2D eigenvalue weighted by Gasteiger charge is -2.34. The number of anilines is 2. The number of piperidine rings is 1. The third kappa shape index (κ3) is 4.47. The first-order valence-electron chi connectivity index (χ1n) is 9.96. The first-order valence-corrected chi connectivity index (χ1v) is 10.7. The van der Waals surface area contributed by atoms with Crippen LogP contribution in [0.2, 0.25) is 0 Å². The van der Waals surface area contributed by atoms with E-state index < -0.39 is 23.5 Å². The summed E-state index contributed by atoms with van der Waals surface area (Å²) in [6, 6.07) is -0.0167. The molecule has 0 spiro atoms. The lowest BCUT2D eigenvalue weighted by atomic mass is 10.0. The molecule has 12 heteroatoms. The number of aromatic nitrogens is 2. The van der Waals surface area contributed by atoms with Crippen molar-refractivity contribution in [3.8, 4) is 0 Å². The van der Waals surface area contributed by atoms with Crippen molar-refractivity contribution in [3.05, 3.63) is 28.6 Å². The zero-order valence-corrected chi connectivity index (χ0v) is 18.6. The molecule has 3 heterocycles. The van der Waals surface area contributed by atoms with Crippen molar-refractivity contribution in [1.29, 1.82) is 0 Å². The maximum absolute atomic E-state index is 13.1. The summed E-state index contributed by atoms with van der Waals surface area (Å²) in [5, 5.41) is 19.5. The number of carbonyl (C=O) groups is 3. The summed E-state index contributed by atoms with van der Waals surface area (Å²) in [6.45, 7) is 1.33. The Morgan fingerprint density at radius 1 is 1.28 bits per heavy atom. The van der Waals surface area contributed by atoms with E-state index in [9.17, 15) is 24.6 Å². The summed E-state index contributed by atoms with van der Waals surface area (Å²) in [6.07, 6.45) is 6.73. The lowest BCUT2D eigenvalue weighted by Crippen LogP contribution is -2.43. The average molecular weight is 510 g/mol. The molecule has 1 aliphatic carbocycles. The van der Waals surface area contributed by atoms with Crippen molar-refractivity contribution >= 4 is 56.2 Å². The zero-order valence-electron chi connectivity index (χ0n) is 17.0. The number of hydrogen-bond acceptors (Lipinski definition) is 6. The summed E-state index contributed by atoms with van der Waals surface area (Å²) in [5.41, 5.74) is 7.01. The molecular weight excluding hydrogens is 486 g/mol. The van der Waals surface area contributed by atoms with Crippen molar-refractivity contribution < 1.29 is 30.1 Å². The summed E-state index contributed by atoms with van der Waals surface area (Å²) >= 11 is 3.54. The van der Waals surface area contributed by atoms with Crippen LogP contribution >= 0.6 is 15.9 Å². The molecule has 2 aromatic rings. The number of carbonyl (C=O) groups excluding carboxylic acids is 1. The highest BCUT2D eigenvalue weighted by atomic mass is 79.9. The molecule has 1 saturated carbocycles. The predicted octanol–water partition coefficient (Wildman–Crippen LogP) is 1.22. The number of fused-ring (bicyclic) bond motifs is 1. The van der Waals surface area contributed by atoms with Crippen molar-refractivity contribution in [3.63, 3.8) is 0 Å². The van der Waals surface area contributed by atoms with Gasteiger partial charge in [0.25, 0.3) is 0 Å². The van der Waals surface area contributed by atoms with Crippen LogP contribution in [0.4, 0.5) is 11.4 Å². The number of aromatic amines is 1. The van der Waals surface area contributed by atoms with Gasteiger partial charge in [-0.3, -0.25) is 9.69 Å². The Morgan fingerprint density at radius 2 is 2.00 bits per heavy atom. The summed E-state index contributed by atoms with van der Waals surface area (Å²) in [4.78, 5) is 46.9. The largest absolute Gasteiger partial charge is 0.478 e. The van der Waals surface area contributed by atoms with Crippen molar-refractivity contribution in [2.24, 2.45) is 11.7 Å². The number of amides is 1. The van der Waals surface area contributed by atoms with Gasteiger partial charge in [0.05, 0.1) is 27.3 Å². The molecule has 2 fully saturated rings. The monoisotopic (exact) mass is 509 g/mol. The molecular formula is C20H24BrN5O6. The smallest absolute Gasteiger partial charge is 0.353 e. The van der Waals surface area contributed by atoms with Crippen LogP contribution in [0.25, 0.3) is 11.0 Å². The van der Waals surface area contributed by atoms with Crippen LogP contribution in [0.3, 0.4) is 0 Å². The van der Waals surface area contributed by atoms with E-state index in [1.165, 1.54) is 6.20 Å². The van der Waals surface area contributed by atoms with E-state index in [4.69, 9.17) is 5.73 Å². The molecule has 0 unspecified atom stereocenters.